The Hall–Kier alpha value is -0.900. The van der Waals surface area contributed by atoms with Crippen LogP contribution in [-0.4, -0.2) is 55.2 Å². The number of ether oxygens (including phenoxy) is 1. The Bertz CT molecular complexity index is 416. The Kier molecular flexibility index (Phi) is 5.28. The second kappa shape index (κ2) is 7.39. The van der Waals surface area contributed by atoms with Crippen LogP contribution in [0.5, 0.6) is 0 Å². The minimum Gasteiger partial charge on any atom is -0.371 e. The number of benzene rings is 1. The Morgan fingerprint density at radius 3 is 2.57 bits per heavy atom. The van der Waals surface area contributed by atoms with E-state index in [0.717, 1.165) is 13.2 Å². The van der Waals surface area contributed by atoms with Gasteiger partial charge in [-0.3, -0.25) is 4.90 Å². The van der Waals surface area contributed by atoms with Crippen molar-refractivity contribution in [1.82, 2.24) is 9.80 Å². The first kappa shape index (κ1) is 15.0. The molecule has 2 saturated heterocycles. The van der Waals surface area contributed by atoms with Crippen LogP contribution in [0.2, 0.25) is 0 Å². The molecule has 1 aromatic carbocycles. The first-order valence-corrected chi connectivity index (χ1v) is 8.46. The maximum absolute atomic E-state index is 6.04. The standard InChI is InChI=1S/C18H28N2O/c1-16-15-21-18(17-8-4-2-5-9-17)14-20(16)13-12-19-10-6-3-7-11-19/h2,4-5,8-9,16,18H,3,6-7,10-15H2,1H3/t16-,18-/m1/s1. The highest BCUT2D eigenvalue weighted by Gasteiger charge is 2.27. The number of morpholine rings is 1. The second-order valence-electron chi connectivity index (χ2n) is 6.48. The van der Waals surface area contributed by atoms with Gasteiger partial charge in [0.2, 0.25) is 0 Å². The van der Waals surface area contributed by atoms with Crippen LogP contribution in [0.15, 0.2) is 30.3 Å². The minimum atomic E-state index is 0.240. The molecule has 2 atom stereocenters. The van der Waals surface area contributed by atoms with Gasteiger partial charge in [0, 0.05) is 25.7 Å². The largest absolute Gasteiger partial charge is 0.371 e. The number of piperidine rings is 1. The van der Waals surface area contributed by atoms with E-state index in [9.17, 15) is 0 Å². The topological polar surface area (TPSA) is 15.7 Å². The van der Waals surface area contributed by atoms with Gasteiger partial charge in [-0.05, 0) is 38.4 Å². The quantitative estimate of drug-likeness (QED) is 0.847. The monoisotopic (exact) mass is 288 g/mol. The molecule has 0 N–H and O–H groups in total. The van der Waals surface area contributed by atoms with Crippen LogP contribution in [0.25, 0.3) is 0 Å². The fraction of sp³-hybridized carbons (Fsp3) is 0.667. The van der Waals surface area contributed by atoms with Gasteiger partial charge in [0.25, 0.3) is 0 Å². The summed E-state index contributed by atoms with van der Waals surface area (Å²) in [4.78, 5) is 5.24. The van der Waals surface area contributed by atoms with Crippen molar-refractivity contribution in [3.05, 3.63) is 35.9 Å². The summed E-state index contributed by atoms with van der Waals surface area (Å²) >= 11 is 0. The molecule has 3 rings (SSSR count). The molecule has 2 heterocycles. The van der Waals surface area contributed by atoms with Crippen LogP contribution in [0.4, 0.5) is 0 Å². The molecule has 3 heteroatoms. The van der Waals surface area contributed by atoms with E-state index in [0.29, 0.717) is 6.04 Å². The molecule has 0 saturated carbocycles. The fourth-order valence-corrected chi connectivity index (χ4v) is 3.44. The summed E-state index contributed by atoms with van der Waals surface area (Å²) in [5, 5.41) is 0. The number of likely N-dealkylation sites (tertiary alicyclic amines) is 1. The van der Waals surface area contributed by atoms with E-state index in [4.69, 9.17) is 4.74 Å². The lowest BCUT2D eigenvalue weighted by Crippen LogP contribution is -2.48. The molecule has 116 valence electrons. The van der Waals surface area contributed by atoms with Gasteiger partial charge in [0.1, 0.15) is 0 Å². The van der Waals surface area contributed by atoms with Gasteiger partial charge in [0.05, 0.1) is 12.7 Å². The van der Waals surface area contributed by atoms with Crippen LogP contribution < -0.4 is 0 Å². The fourth-order valence-electron chi connectivity index (χ4n) is 3.44. The summed E-state index contributed by atoms with van der Waals surface area (Å²) in [6.07, 6.45) is 4.42. The van der Waals surface area contributed by atoms with Crippen molar-refractivity contribution in [2.24, 2.45) is 0 Å². The molecule has 0 amide bonds. The molecule has 21 heavy (non-hydrogen) atoms. The molecule has 2 fully saturated rings. The predicted octanol–water partition coefficient (Wildman–Crippen LogP) is 2.93. The molecule has 0 aliphatic carbocycles. The molecule has 0 bridgehead atoms. The number of rotatable bonds is 4. The van der Waals surface area contributed by atoms with Crippen LogP contribution in [0.1, 0.15) is 37.9 Å². The lowest BCUT2D eigenvalue weighted by molar-refractivity contribution is -0.0622. The zero-order chi connectivity index (χ0) is 14.5. The Balaban J connectivity index is 1.53. The van der Waals surface area contributed by atoms with Crippen molar-refractivity contribution >= 4 is 0 Å². The average Bonchev–Trinajstić information content (AvgIpc) is 2.56. The molecular formula is C18H28N2O. The van der Waals surface area contributed by atoms with Gasteiger partial charge in [-0.2, -0.15) is 0 Å². The zero-order valence-corrected chi connectivity index (χ0v) is 13.2. The smallest absolute Gasteiger partial charge is 0.0952 e. The molecule has 0 spiro atoms. The highest BCUT2D eigenvalue weighted by molar-refractivity contribution is 5.18. The number of hydrogen-bond acceptors (Lipinski definition) is 3. The molecule has 0 aromatic heterocycles. The Morgan fingerprint density at radius 1 is 1.05 bits per heavy atom. The van der Waals surface area contributed by atoms with E-state index >= 15 is 0 Å². The van der Waals surface area contributed by atoms with Crippen molar-refractivity contribution in [2.75, 3.05) is 39.3 Å². The van der Waals surface area contributed by atoms with Crippen LogP contribution in [0, 0.1) is 0 Å². The maximum atomic E-state index is 6.04. The van der Waals surface area contributed by atoms with Crippen LogP contribution in [-0.2, 0) is 4.74 Å². The summed E-state index contributed by atoms with van der Waals surface area (Å²) in [5.74, 6) is 0. The van der Waals surface area contributed by atoms with E-state index in [1.54, 1.807) is 0 Å². The lowest BCUT2D eigenvalue weighted by Gasteiger charge is -2.39. The minimum absolute atomic E-state index is 0.240. The number of hydrogen-bond donors (Lipinski definition) is 0. The first-order chi connectivity index (χ1) is 10.3. The highest BCUT2D eigenvalue weighted by atomic mass is 16.5. The lowest BCUT2D eigenvalue weighted by atomic mass is 10.1. The maximum Gasteiger partial charge on any atom is 0.0952 e. The SMILES string of the molecule is C[C@@H]1CO[C@@H](c2ccccc2)CN1CCN1CCCCC1. The summed E-state index contributed by atoms with van der Waals surface area (Å²) in [6, 6.07) is 11.2. The van der Waals surface area contributed by atoms with Gasteiger partial charge < -0.3 is 9.64 Å². The molecular weight excluding hydrogens is 260 g/mol. The zero-order valence-electron chi connectivity index (χ0n) is 13.2. The van der Waals surface area contributed by atoms with Crippen LogP contribution >= 0.6 is 0 Å². The molecule has 3 nitrogen and oxygen atoms in total. The van der Waals surface area contributed by atoms with Gasteiger partial charge in [-0.1, -0.05) is 36.8 Å². The second-order valence-corrected chi connectivity index (χ2v) is 6.48. The van der Waals surface area contributed by atoms with Crippen molar-refractivity contribution in [3.63, 3.8) is 0 Å². The van der Waals surface area contributed by atoms with Crippen LogP contribution in [0.3, 0.4) is 0 Å². The molecule has 2 aliphatic rings. The third kappa shape index (κ3) is 4.06. The van der Waals surface area contributed by atoms with Crippen molar-refractivity contribution in [3.8, 4) is 0 Å². The van der Waals surface area contributed by atoms with Crippen molar-refractivity contribution in [2.45, 2.75) is 38.3 Å². The molecule has 0 radical (unpaired) electrons. The van der Waals surface area contributed by atoms with E-state index < -0.39 is 0 Å². The van der Waals surface area contributed by atoms with Crippen molar-refractivity contribution < 1.29 is 4.74 Å². The predicted molar refractivity (Wildman–Crippen MR) is 86.5 cm³/mol. The third-order valence-corrected chi connectivity index (χ3v) is 4.89. The van der Waals surface area contributed by atoms with Gasteiger partial charge in [0.15, 0.2) is 0 Å². The van der Waals surface area contributed by atoms with Gasteiger partial charge >= 0.3 is 0 Å². The Labute approximate surface area is 128 Å². The molecule has 2 aliphatic heterocycles. The van der Waals surface area contributed by atoms with Gasteiger partial charge in [-0.15, -0.1) is 0 Å². The third-order valence-electron chi connectivity index (χ3n) is 4.89. The summed E-state index contributed by atoms with van der Waals surface area (Å²) in [6.45, 7) is 9.14. The van der Waals surface area contributed by atoms with E-state index in [-0.39, 0.29) is 6.10 Å². The van der Waals surface area contributed by atoms with E-state index in [1.165, 1.54) is 51.0 Å². The normalized spacial score (nSPS) is 28.6. The number of nitrogens with zero attached hydrogens (tertiary/aromatic N) is 2. The van der Waals surface area contributed by atoms with E-state index in [2.05, 4.69) is 47.1 Å². The first-order valence-electron chi connectivity index (χ1n) is 8.46. The van der Waals surface area contributed by atoms with Crippen molar-refractivity contribution in [1.29, 1.82) is 0 Å². The summed E-state index contributed by atoms with van der Waals surface area (Å²) in [5.41, 5.74) is 1.31. The molecule has 1 aromatic rings. The summed E-state index contributed by atoms with van der Waals surface area (Å²) < 4.78 is 6.04. The highest BCUT2D eigenvalue weighted by Crippen LogP contribution is 2.24. The van der Waals surface area contributed by atoms with E-state index in [1.807, 2.05) is 0 Å². The van der Waals surface area contributed by atoms with Gasteiger partial charge in [-0.25, -0.2) is 0 Å². The Morgan fingerprint density at radius 2 is 1.81 bits per heavy atom. The summed E-state index contributed by atoms with van der Waals surface area (Å²) in [7, 11) is 0. The average molecular weight is 288 g/mol. The molecule has 0 unspecified atom stereocenters.